The predicted molar refractivity (Wildman–Crippen MR) is 114 cm³/mol. The smallest absolute Gasteiger partial charge is 0.299 e. The zero-order valence-electron chi connectivity index (χ0n) is 17.7. The first-order valence-corrected chi connectivity index (χ1v) is 10.6. The average Bonchev–Trinajstić information content (AvgIpc) is 2.78. The second-order valence-corrected chi connectivity index (χ2v) is 8.29. The van der Waals surface area contributed by atoms with Gasteiger partial charge in [-0.25, -0.2) is 8.78 Å². The van der Waals surface area contributed by atoms with Crippen molar-refractivity contribution in [2.24, 2.45) is 5.92 Å². The molecule has 0 N–H and O–H groups in total. The molecule has 0 aromatic heterocycles. The maximum atomic E-state index is 13.5. The van der Waals surface area contributed by atoms with Crippen LogP contribution in [0.3, 0.4) is 0 Å². The first-order valence-electron chi connectivity index (χ1n) is 10.6. The Bertz CT molecular complexity index is 1060. The van der Waals surface area contributed by atoms with Crippen LogP contribution in [0.15, 0.2) is 72.8 Å². The highest BCUT2D eigenvalue weighted by atomic mass is 19.4. The molecule has 1 unspecified atom stereocenters. The highest BCUT2D eigenvalue weighted by molar-refractivity contribution is 5.83. The number of alkyl halides is 3. The molecule has 0 aliphatic carbocycles. The van der Waals surface area contributed by atoms with Gasteiger partial charge in [0, 0.05) is 37.9 Å². The van der Waals surface area contributed by atoms with Gasteiger partial charge in [-0.2, -0.15) is 13.2 Å². The van der Waals surface area contributed by atoms with E-state index in [2.05, 4.69) is 0 Å². The van der Waals surface area contributed by atoms with E-state index in [0.717, 1.165) is 6.07 Å². The summed E-state index contributed by atoms with van der Waals surface area (Å²) in [7, 11) is 0. The molecule has 0 saturated carbocycles. The van der Waals surface area contributed by atoms with Crippen LogP contribution in [-0.2, 0) is 17.5 Å². The highest BCUT2D eigenvalue weighted by Crippen LogP contribution is 2.37. The van der Waals surface area contributed by atoms with Gasteiger partial charge in [0.05, 0.1) is 5.56 Å². The number of hydrogen-bond donors (Lipinski definition) is 0. The number of Topliss-reactive ketones (excluding diaryl/α,β-unsaturated/α-hetero) is 1. The fourth-order valence-electron chi connectivity index (χ4n) is 4.53. The van der Waals surface area contributed by atoms with E-state index in [1.54, 1.807) is 30.3 Å². The van der Waals surface area contributed by atoms with Gasteiger partial charge in [-0.1, -0.05) is 42.5 Å². The minimum Gasteiger partial charge on any atom is -0.299 e. The summed E-state index contributed by atoms with van der Waals surface area (Å²) in [4.78, 5) is 14.8. The standard InChI is InChI=1S/C26H22F5NO/c27-20-9-5-17(6-10-20)25(18-7-11-21(28)12-8-18)22-16-32(14-13-24(22)33)15-19-3-1-2-4-23(19)26(29,30)31/h1-12,22,25H,13-16H2. The maximum absolute atomic E-state index is 13.5. The number of carbonyl (C=O) groups excluding carboxylic acids is 1. The van der Waals surface area contributed by atoms with Gasteiger partial charge >= 0.3 is 6.18 Å². The molecule has 2 nitrogen and oxygen atoms in total. The summed E-state index contributed by atoms with van der Waals surface area (Å²) >= 11 is 0. The largest absolute Gasteiger partial charge is 0.416 e. The Hall–Kier alpha value is -3.06. The van der Waals surface area contributed by atoms with Gasteiger partial charge < -0.3 is 0 Å². The molecule has 3 aromatic rings. The summed E-state index contributed by atoms with van der Waals surface area (Å²) in [6, 6.07) is 17.0. The van der Waals surface area contributed by atoms with Crippen molar-refractivity contribution in [3.8, 4) is 0 Å². The van der Waals surface area contributed by atoms with Crippen molar-refractivity contribution in [2.45, 2.75) is 25.1 Å². The second-order valence-electron chi connectivity index (χ2n) is 8.29. The number of benzene rings is 3. The summed E-state index contributed by atoms with van der Waals surface area (Å²) in [6.45, 7) is 0.643. The molecule has 1 saturated heterocycles. The van der Waals surface area contributed by atoms with E-state index < -0.39 is 35.2 Å². The third kappa shape index (κ3) is 5.30. The number of ketones is 1. The molecule has 4 rings (SSSR count). The van der Waals surface area contributed by atoms with Gasteiger partial charge in [0.15, 0.2) is 0 Å². The van der Waals surface area contributed by atoms with Crippen LogP contribution in [0.5, 0.6) is 0 Å². The Morgan fingerprint density at radius 3 is 1.94 bits per heavy atom. The Morgan fingerprint density at radius 1 is 0.848 bits per heavy atom. The first-order chi connectivity index (χ1) is 15.7. The van der Waals surface area contributed by atoms with Gasteiger partial charge in [0.25, 0.3) is 0 Å². The molecule has 1 fully saturated rings. The van der Waals surface area contributed by atoms with E-state index in [0.29, 0.717) is 17.7 Å². The van der Waals surface area contributed by atoms with Crippen molar-refractivity contribution in [1.82, 2.24) is 4.90 Å². The van der Waals surface area contributed by atoms with Gasteiger partial charge in [-0.05, 0) is 47.0 Å². The summed E-state index contributed by atoms with van der Waals surface area (Å²) in [5.74, 6) is -1.89. The molecule has 3 aromatic carbocycles. The first kappa shape index (κ1) is 23.1. The fraction of sp³-hybridized carbons (Fsp3) is 0.269. The van der Waals surface area contributed by atoms with Crippen molar-refractivity contribution < 1.29 is 26.7 Å². The van der Waals surface area contributed by atoms with E-state index in [9.17, 15) is 26.7 Å². The molecule has 1 aliphatic rings. The van der Waals surface area contributed by atoms with E-state index in [1.807, 2.05) is 4.90 Å². The average molecular weight is 459 g/mol. The number of halogens is 5. The zero-order valence-corrected chi connectivity index (χ0v) is 17.7. The van der Waals surface area contributed by atoms with E-state index in [-0.39, 0.29) is 30.9 Å². The minimum atomic E-state index is -4.47. The lowest BCUT2D eigenvalue weighted by Gasteiger charge is -2.37. The lowest BCUT2D eigenvalue weighted by molar-refractivity contribution is -0.138. The molecular formula is C26H22F5NO. The topological polar surface area (TPSA) is 20.3 Å². The van der Waals surface area contributed by atoms with E-state index in [4.69, 9.17) is 0 Å². The molecule has 0 spiro atoms. The van der Waals surface area contributed by atoms with Crippen LogP contribution >= 0.6 is 0 Å². The molecule has 1 aliphatic heterocycles. The summed E-state index contributed by atoms with van der Waals surface area (Å²) in [5, 5.41) is 0. The second kappa shape index (κ2) is 9.43. The van der Waals surface area contributed by atoms with E-state index >= 15 is 0 Å². The van der Waals surface area contributed by atoms with Crippen LogP contribution in [-0.4, -0.2) is 23.8 Å². The van der Waals surface area contributed by atoms with Crippen molar-refractivity contribution >= 4 is 5.78 Å². The van der Waals surface area contributed by atoms with Crippen LogP contribution in [0, 0.1) is 17.6 Å². The predicted octanol–water partition coefficient (Wildman–Crippen LogP) is 6.21. The maximum Gasteiger partial charge on any atom is 0.416 e. The normalized spacial score (nSPS) is 17.5. The SMILES string of the molecule is O=C1CCN(Cc2ccccc2C(F)(F)F)CC1C(c1ccc(F)cc1)c1ccc(F)cc1. The molecule has 1 atom stereocenters. The molecule has 7 heteroatoms. The number of piperidine rings is 1. The van der Waals surface area contributed by atoms with Crippen LogP contribution in [0.1, 0.15) is 34.6 Å². The molecule has 0 amide bonds. The van der Waals surface area contributed by atoms with Crippen molar-refractivity contribution in [1.29, 1.82) is 0 Å². The quantitative estimate of drug-likeness (QED) is 0.423. The van der Waals surface area contributed by atoms with Crippen molar-refractivity contribution in [2.75, 3.05) is 13.1 Å². The van der Waals surface area contributed by atoms with Gasteiger partial charge in [-0.3, -0.25) is 9.69 Å². The Balaban J connectivity index is 1.65. The molecule has 172 valence electrons. The molecule has 33 heavy (non-hydrogen) atoms. The molecular weight excluding hydrogens is 437 g/mol. The minimum absolute atomic E-state index is 0.0194. The third-order valence-electron chi connectivity index (χ3n) is 6.12. The van der Waals surface area contributed by atoms with Crippen molar-refractivity contribution in [3.05, 3.63) is 107 Å². The number of carbonyl (C=O) groups is 1. The Labute approximate surface area is 188 Å². The van der Waals surface area contributed by atoms with Crippen molar-refractivity contribution in [3.63, 3.8) is 0 Å². The Morgan fingerprint density at radius 2 is 1.39 bits per heavy atom. The summed E-state index contributed by atoms with van der Waals surface area (Å²) in [6.07, 6.45) is -4.27. The molecule has 0 radical (unpaired) electrons. The number of likely N-dealkylation sites (tertiary alicyclic amines) is 1. The van der Waals surface area contributed by atoms with Crippen LogP contribution in [0.4, 0.5) is 22.0 Å². The molecule has 1 heterocycles. The summed E-state index contributed by atoms with van der Waals surface area (Å²) < 4.78 is 67.4. The number of rotatable bonds is 5. The summed E-state index contributed by atoms with van der Waals surface area (Å²) in [5.41, 5.74) is 0.850. The zero-order chi connectivity index (χ0) is 23.6. The lowest BCUT2D eigenvalue weighted by atomic mass is 9.76. The lowest BCUT2D eigenvalue weighted by Crippen LogP contribution is -2.43. The van der Waals surface area contributed by atoms with Crippen LogP contribution in [0.2, 0.25) is 0 Å². The van der Waals surface area contributed by atoms with Gasteiger partial charge in [0.2, 0.25) is 0 Å². The Kier molecular flexibility index (Phi) is 6.61. The number of nitrogens with zero attached hydrogens (tertiary/aromatic N) is 1. The number of hydrogen-bond acceptors (Lipinski definition) is 2. The molecule has 0 bridgehead atoms. The van der Waals surface area contributed by atoms with Gasteiger partial charge in [-0.15, -0.1) is 0 Å². The fourth-order valence-corrected chi connectivity index (χ4v) is 4.53. The third-order valence-corrected chi connectivity index (χ3v) is 6.12. The highest BCUT2D eigenvalue weighted by Gasteiger charge is 2.37. The van der Waals surface area contributed by atoms with E-state index in [1.165, 1.54) is 36.4 Å². The van der Waals surface area contributed by atoms with Crippen LogP contribution < -0.4 is 0 Å². The van der Waals surface area contributed by atoms with Gasteiger partial charge in [0.1, 0.15) is 17.4 Å². The monoisotopic (exact) mass is 459 g/mol. The van der Waals surface area contributed by atoms with Crippen LogP contribution in [0.25, 0.3) is 0 Å².